The molecule has 1 heterocycles. The Bertz CT molecular complexity index is 612. The van der Waals surface area contributed by atoms with Crippen LogP contribution in [0.15, 0.2) is 18.2 Å². The van der Waals surface area contributed by atoms with Gasteiger partial charge in [-0.2, -0.15) is 0 Å². The first kappa shape index (κ1) is 15.8. The molecule has 1 atom stereocenters. The summed E-state index contributed by atoms with van der Waals surface area (Å²) in [5.41, 5.74) is 0.703. The molecule has 0 saturated carbocycles. The summed E-state index contributed by atoms with van der Waals surface area (Å²) in [6.07, 6.45) is -1.33. The van der Waals surface area contributed by atoms with Gasteiger partial charge in [0.1, 0.15) is 5.75 Å². The van der Waals surface area contributed by atoms with Crippen LogP contribution >= 0.6 is 0 Å². The third-order valence-electron chi connectivity index (χ3n) is 3.13. The van der Waals surface area contributed by atoms with Crippen molar-refractivity contribution < 1.29 is 28.6 Å². The third kappa shape index (κ3) is 2.88. The van der Waals surface area contributed by atoms with Crippen molar-refractivity contribution in [3.05, 3.63) is 23.8 Å². The van der Waals surface area contributed by atoms with Gasteiger partial charge < -0.3 is 19.1 Å². The summed E-state index contributed by atoms with van der Waals surface area (Å²) in [6, 6.07) is 4.53. The molecule has 1 aromatic rings. The topological polar surface area (TPSA) is 82.1 Å². The number of ether oxygens (including phenoxy) is 3. The highest BCUT2D eigenvalue weighted by Gasteiger charge is 2.39. The van der Waals surface area contributed by atoms with Crippen LogP contribution in [0.1, 0.15) is 24.2 Å². The monoisotopic (exact) mass is 307 g/mol. The molecular formula is C15H17NO6. The second-order valence-corrected chi connectivity index (χ2v) is 4.55. The number of esters is 2. The van der Waals surface area contributed by atoms with E-state index in [1.54, 1.807) is 13.8 Å². The Morgan fingerprint density at radius 2 is 1.91 bits per heavy atom. The summed E-state index contributed by atoms with van der Waals surface area (Å²) in [7, 11) is 1.50. The normalized spacial score (nSPS) is 16.6. The zero-order valence-corrected chi connectivity index (χ0v) is 12.6. The van der Waals surface area contributed by atoms with E-state index in [-0.39, 0.29) is 13.2 Å². The van der Waals surface area contributed by atoms with Crippen LogP contribution in [0.2, 0.25) is 0 Å². The van der Waals surface area contributed by atoms with Crippen LogP contribution in [0, 0.1) is 0 Å². The van der Waals surface area contributed by atoms with Crippen molar-refractivity contribution in [3.63, 3.8) is 0 Å². The number of benzene rings is 1. The first-order valence-corrected chi connectivity index (χ1v) is 6.91. The summed E-state index contributed by atoms with van der Waals surface area (Å²) < 4.78 is 15.1. The van der Waals surface area contributed by atoms with Crippen LogP contribution in [-0.2, 0) is 19.1 Å². The van der Waals surface area contributed by atoms with Crippen molar-refractivity contribution in [3.8, 4) is 5.75 Å². The molecule has 2 rings (SSSR count). The predicted molar refractivity (Wildman–Crippen MR) is 76.9 cm³/mol. The number of amides is 1. The van der Waals surface area contributed by atoms with Gasteiger partial charge in [0.2, 0.25) is 0 Å². The maximum Gasteiger partial charge on any atom is 0.357 e. The highest BCUT2D eigenvalue weighted by Crippen LogP contribution is 2.34. The van der Waals surface area contributed by atoms with Crippen LogP contribution in [0.4, 0.5) is 5.69 Å². The first-order valence-electron chi connectivity index (χ1n) is 6.91. The average Bonchev–Trinajstić information content (AvgIpc) is 2.51. The number of hydrogen-bond acceptors (Lipinski definition) is 6. The van der Waals surface area contributed by atoms with Crippen LogP contribution in [0.5, 0.6) is 5.75 Å². The number of rotatable bonds is 4. The van der Waals surface area contributed by atoms with E-state index in [0.717, 1.165) is 0 Å². The van der Waals surface area contributed by atoms with Gasteiger partial charge in [-0.3, -0.25) is 4.79 Å². The van der Waals surface area contributed by atoms with E-state index in [2.05, 4.69) is 0 Å². The Hall–Kier alpha value is -2.57. The molecule has 1 amide bonds. The molecule has 118 valence electrons. The van der Waals surface area contributed by atoms with Crippen molar-refractivity contribution in [2.24, 2.45) is 0 Å². The van der Waals surface area contributed by atoms with E-state index in [0.29, 0.717) is 17.0 Å². The number of anilines is 1. The van der Waals surface area contributed by atoms with Crippen molar-refractivity contribution in [1.82, 2.24) is 0 Å². The SMILES string of the molecule is CCOC(=O)c1ccc2c(c1)N(C)C(=O)C(C(=O)OCC)O2. The molecule has 0 radical (unpaired) electrons. The Labute approximate surface area is 127 Å². The Balaban J connectivity index is 2.31. The fraction of sp³-hybridized carbons (Fsp3) is 0.400. The minimum Gasteiger partial charge on any atom is -0.466 e. The molecule has 7 heteroatoms. The van der Waals surface area contributed by atoms with E-state index in [4.69, 9.17) is 14.2 Å². The second-order valence-electron chi connectivity index (χ2n) is 4.55. The number of carbonyl (C=O) groups excluding carboxylic acids is 3. The highest BCUT2D eigenvalue weighted by atomic mass is 16.6. The zero-order chi connectivity index (χ0) is 16.3. The van der Waals surface area contributed by atoms with E-state index in [1.165, 1.54) is 30.1 Å². The fourth-order valence-corrected chi connectivity index (χ4v) is 2.06. The Morgan fingerprint density at radius 1 is 1.23 bits per heavy atom. The summed E-state index contributed by atoms with van der Waals surface area (Å²) in [5, 5.41) is 0. The molecule has 0 aliphatic carbocycles. The van der Waals surface area contributed by atoms with Crippen molar-refractivity contribution in [2.45, 2.75) is 20.0 Å². The minimum atomic E-state index is -1.33. The average molecular weight is 307 g/mol. The molecule has 1 aliphatic rings. The van der Waals surface area contributed by atoms with Gasteiger partial charge in [-0.25, -0.2) is 9.59 Å². The summed E-state index contributed by atoms with van der Waals surface area (Å²) >= 11 is 0. The third-order valence-corrected chi connectivity index (χ3v) is 3.13. The Morgan fingerprint density at radius 3 is 2.55 bits per heavy atom. The van der Waals surface area contributed by atoms with Gasteiger partial charge in [0.25, 0.3) is 12.0 Å². The minimum absolute atomic E-state index is 0.157. The molecule has 0 fully saturated rings. The van der Waals surface area contributed by atoms with Gasteiger partial charge >= 0.3 is 11.9 Å². The second kappa shape index (κ2) is 6.46. The van der Waals surface area contributed by atoms with Crippen molar-refractivity contribution in [1.29, 1.82) is 0 Å². The molecule has 1 unspecified atom stereocenters. The molecule has 22 heavy (non-hydrogen) atoms. The van der Waals surface area contributed by atoms with Gasteiger partial charge in [0, 0.05) is 7.05 Å². The number of hydrogen-bond donors (Lipinski definition) is 0. The molecule has 7 nitrogen and oxygen atoms in total. The van der Waals surface area contributed by atoms with Gasteiger partial charge in [-0.1, -0.05) is 0 Å². The fourth-order valence-electron chi connectivity index (χ4n) is 2.06. The van der Waals surface area contributed by atoms with E-state index >= 15 is 0 Å². The smallest absolute Gasteiger partial charge is 0.357 e. The first-order chi connectivity index (χ1) is 10.5. The maximum absolute atomic E-state index is 12.2. The largest absolute Gasteiger partial charge is 0.466 e. The van der Waals surface area contributed by atoms with Gasteiger partial charge in [0.15, 0.2) is 0 Å². The lowest BCUT2D eigenvalue weighted by molar-refractivity contribution is -0.155. The summed E-state index contributed by atoms with van der Waals surface area (Å²) in [4.78, 5) is 37.0. The van der Waals surface area contributed by atoms with Crippen LogP contribution < -0.4 is 9.64 Å². The standard InChI is InChI=1S/C15H17NO6/c1-4-20-14(18)9-6-7-11-10(8-9)16(3)13(17)12(22-11)15(19)21-5-2/h6-8,12H,4-5H2,1-3H3. The maximum atomic E-state index is 12.2. The van der Waals surface area contributed by atoms with Crippen molar-refractivity contribution >= 4 is 23.5 Å². The molecule has 0 aromatic heterocycles. The number of fused-ring (bicyclic) bond motifs is 1. The van der Waals surface area contributed by atoms with Gasteiger partial charge in [-0.15, -0.1) is 0 Å². The lowest BCUT2D eigenvalue weighted by Gasteiger charge is -2.30. The quantitative estimate of drug-likeness (QED) is 0.613. The molecule has 0 saturated heterocycles. The van der Waals surface area contributed by atoms with Crippen LogP contribution in [0.25, 0.3) is 0 Å². The predicted octanol–water partition coefficient (Wildman–Crippen LogP) is 1.15. The van der Waals surface area contributed by atoms with Crippen LogP contribution in [0.3, 0.4) is 0 Å². The number of likely N-dealkylation sites (N-methyl/N-ethyl adjacent to an activating group) is 1. The van der Waals surface area contributed by atoms with Gasteiger partial charge in [0.05, 0.1) is 24.5 Å². The number of carbonyl (C=O) groups is 3. The molecular weight excluding hydrogens is 290 g/mol. The molecule has 0 bridgehead atoms. The summed E-state index contributed by atoms with van der Waals surface area (Å²) in [6.45, 7) is 3.77. The van der Waals surface area contributed by atoms with Gasteiger partial charge in [-0.05, 0) is 32.0 Å². The van der Waals surface area contributed by atoms with Crippen LogP contribution in [-0.4, -0.2) is 44.2 Å². The lowest BCUT2D eigenvalue weighted by atomic mass is 10.1. The number of nitrogens with zero attached hydrogens (tertiary/aromatic N) is 1. The van der Waals surface area contributed by atoms with E-state index < -0.39 is 23.9 Å². The Kier molecular flexibility index (Phi) is 4.65. The molecule has 1 aliphatic heterocycles. The lowest BCUT2D eigenvalue weighted by Crippen LogP contribution is -2.48. The molecule has 1 aromatic carbocycles. The van der Waals surface area contributed by atoms with E-state index in [9.17, 15) is 14.4 Å². The zero-order valence-electron chi connectivity index (χ0n) is 12.6. The molecule has 0 spiro atoms. The molecule has 0 N–H and O–H groups in total. The van der Waals surface area contributed by atoms with E-state index in [1.807, 2.05) is 0 Å². The summed E-state index contributed by atoms with van der Waals surface area (Å²) in [5.74, 6) is -1.45. The van der Waals surface area contributed by atoms with Crippen molar-refractivity contribution in [2.75, 3.05) is 25.2 Å². The highest BCUT2D eigenvalue weighted by molar-refractivity contribution is 6.11.